The summed E-state index contributed by atoms with van der Waals surface area (Å²) in [6, 6.07) is 1.94. The second kappa shape index (κ2) is 4.65. The first-order chi connectivity index (χ1) is 7.77. The minimum atomic E-state index is 0.667. The van der Waals surface area contributed by atoms with Gasteiger partial charge in [0.05, 0.1) is 11.8 Å². The van der Waals surface area contributed by atoms with Gasteiger partial charge in [0.1, 0.15) is 5.76 Å². The maximum absolute atomic E-state index is 5.41. The molecule has 0 saturated carbocycles. The summed E-state index contributed by atoms with van der Waals surface area (Å²) in [5, 5.41) is 7.11. The average Bonchev–Trinajstić information content (AvgIpc) is 2.87. The van der Waals surface area contributed by atoms with Gasteiger partial charge in [-0.05, 0) is 24.7 Å². The molecule has 0 amide bonds. The second-order valence-corrected chi connectivity index (χ2v) is 4.00. The van der Waals surface area contributed by atoms with Crippen molar-refractivity contribution in [2.45, 2.75) is 33.2 Å². The Hall–Kier alpha value is -1.36. The molecule has 0 radical (unpaired) electrons. The van der Waals surface area contributed by atoms with Gasteiger partial charge in [-0.1, -0.05) is 13.8 Å². The number of rotatable bonds is 4. The molecule has 2 rings (SSSR count). The summed E-state index contributed by atoms with van der Waals surface area (Å²) >= 11 is 5.21. The van der Waals surface area contributed by atoms with Gasteiger partial charge in [0, 0.05) is 13.0 Å². The van der Waals surface area contributed by atoms with Crippen molar-refractivity contribution in [3.05, 3.63) is 22.9 Å². The fraction of sp³-hybridized carbons (Fsp3) is 0.455. The van der Waals surface area contributed by atoms with Gasteiger partial charge in [-0.25, -0.2) is 0 Å². The van der Waals surface area contributed by atoms with Crippen LogP contribution < -0.4 is 0 Å². The highest BCUT2D eigenvalue weighted by molar-refractivity contribution is 7.71. The average molecular weight is 237 g/mol. The summed E-state index contributed by atoms with van der Waals surface area (Å²) in [7, 11) is 0. The SMILES string of the molecule is CCCn1c(-c2ccoc2CC)n[nH]c1=S. The topological polar surface area (TPSA) is 46.8 Å². The number of H-pyrrole nitrogens is 1. The van der Waals surface area contributed by atoms with E-state index in [2.05, 4.69) is 24.0 Å². The Morgan fingerprint density at radius 3 is 3.00 bits per heavy atom. The van der Waals surface area contributed by atoms with E-state index in [0.29, 0.717) is 4.77 Å². The first-order valence-electron chi connectivity index (χ1n) is 5.49. The maximum atomic E-state index is 5.41. The Balaban J connectivity index is 2.51. The molecule has 86 valence electrons. The molecule has 0 spiro atoms. The van der Waals surface area contributed by atoms with Crippen molar-refractivity contribution in [2.75, 3.05) is 0 Å². The number of aryl methyl sites for hydroxylation is 1. The second-order valence-electron chi connectivity index (χ2n) is 3.62. The van der Waals surface area contributed by atoms with Gasteiger partial charge in [0.2, 0.25) is 0 Å². The fourth-order valence-corrected chi connectivity index (χ4v) is 1.99. The monoisotopic (exact) mass is 237 g/mol. The van der Waals surface area contributed by atoms with Crippen LogP contribution in [0.15, 0.2) is 16.7 Å². The summed E-state index contributed by atoms with van der Waals surface area (Å²) in [6.07, 6.45) is 3.58. The van der Waals surface area contributed by atoms with Gasteiger partial charge in [0.25, 0.3) is 0 Å². The minimum absolute atomic E-state index is 0.667. The molecule has 0 saturated heterocycles. The highest BCUT2D eigenvalue weighted by Crippen LogP contribution is 2.23. The lowest BCUT2D eigenvalue weighted by atomic mass is 10.2. The Labute approximate surface area is 99.3 Å². The molecule has 2 aromatic heterocycles. The Morgan fingerprint density at radius 1 is 1.50 bits per heavy atom. The van der Waals surface area contributed by atoms with Crippen molar-refractivity contribution in [3.8, 4) is 11.4 Å². The molecule has 0 fully saturated rings. The van der Waals surface area contributed by atoms with Crippen molar-refractivity contribution in [1.29, 1.82) is 0 Å². The summed E-state index contributed by atoms with van der Waals surface area (Å²) < 4.78 is 8.09. The number of hydrogen-bond donors (Lipinski definition) is 1. The number of nitrogens with zero attached hydrogens (tertiary/aromatic N) is 2. The van der Waals surface area contributed by atoms with E-state index in [-0.39, 0.29) is 0 Å². The zero-order valence-corrected chi connectivity index (χ0v) is 10.3. The van der Waals surface area contributed by atoms with Crippen LogP contribution >= 0.6 is 12.2 Å². The molecule has 16 heavy (non-hydrogen) atoms. The third kappa shape index (κ3) is 1.82. The minimum Gasteiger partial charge on any atom is -0.469 e. The highest BCUT2D eigenvalue weighted by atomic mass is 32.1. The zero-order valence-electron chi connectivity index (χ0n) is 9.49. The molecule has 1 N–H and O–H groups in total. The third-order valence-corrected chi connectivity index (χ3v) is 2.82. The molecule has 5 heteroatoms. The molecule has 2 heterocycles. The lowest BCUT2D eigenvalue weighted by Crippen LogP contribution is -2.00. The standard InChI is InChI=1S/C11H15N3OS/c1-3-6-14-10(12-13-11(14)16)8-5-7-15-9(8)4-2/h5,7H,3-4,6H2,1-2H3,(H,13,16). The van der Waals surface area contributed by atoms with Crippen LogP contribution in [0.5, 0.6) is 0 Å². The van der Waals surface area contributed by atoms with E-state index in [1.54, 1.807) is 6.26 Å². The highest BCUT2D eigenvalue weighted by Gasteiger charge is 2.13. The van der Waals surface area contributed by atoms with Crippen LogP contribution in [0.1, 0.15) is 26.0 Å². The Bertz CT molecular complexity index is 523. The van der Waals surface area contributed by atoms with Gasteiger partial charge < -0.3 is 8.98 Å². The lowest BCUT2D eigenvalue weighted by molar-refractivity contribution is 0.516. The van der Waals surface area contributed by atoms with Crippen molar-refractivity contribution in [1.82, 2.24) is 14.8 Å². The summed E-state index contributed by atoms with van der Waals surface area (Å²) in [4.78, 5) is 0. The third-order valence-electron chi connectivity index (χ3n) is 2.51. The maximum Gasteiger partial charge on any atom is 0.195 e. The number of nitrogens with one attached hydrogen (secondary N) is 1. The fourth-order valence-electron chi connectivity index (χ4n) is 1.77. The van der Waals surface area contributed by atoms with E-state index in [0.717, 1.165) is 36.5 Å². The normalized spacial score (nSPS) is 10.9. The van der Waals surface area contributed by atoms with E-state index in [1.165, 1.54) is 0 Å². The van der Waals surface area contributed by atoms with E-state index < -0.39 is 0 Å². The van der Waals surface area contributed by atoms with E-state index in [1.807, 2.05) is 10.6 Å². The van der Waals surface area contributed by atoms with Crippen molar-refractivity contribution in [3.63, 3.8) is 0 Å². The number of furan rings is 1. The van der Waals surface area contributed by atoms with Crippen LogP contribution in [0, 0.1) is 4.77 Å². The van der Waals surface area contributed by atoms with Crippen molar-refractivity contribution >= 4 is 12.2 Å². The first-order valence-corrected chi connectivity index (χ1v) is 5.90. The molecular formula is C11H15N3OS. The van der Waals surface area contributed by atoms with Gasteiger partial charge in [-0.2, -0.15) is 5.10 Å². The summed E-state index contributed by atoms with van der Waals surface area (Å²) in [6.45, 7) is 5.06. The van der Waals surface area contributed by atoms with E-state index >= 15 is 0 Å². The van der Waals surface area contributed by atoms with Crippen LogP contribution in [-0.2, 0) is 13.0 Å². The van der Waals surface area contributed by atoms with Crippen LogP contribution in [0.3, 0.4) is 0 Å². The summed E-state index contributed by atoms with van der Waals surface area (Å²) in [5.41, 5.74) is 1.03. The smallest absolute Gasteiger partial charge is 0.195 e. The quantitative estimate of drug-likeness (QED) is 0.831. The molecule has 0 atom stereocenters. The molecular weight excluding hydrogens is 222 g/mol. The Kier molecular flexibility index (Phi) is 3.24. The number of hydrogen-bond acceptors (Lipinski definition) is 3. The number of aromatic amines is 1. The predicted octanol–water partition coefficient (Wildman–Crippen LogP) is 3.17. The number of aromatic nitrogens is 3. The van der Waals surface area contributed by atoms with E-state index in [9.17, 15) is 0 Å². The van der Waals surface area contributed by atoms with Crippen LogP contribution in [-0.4, -0.2) is 14.8 Å². The molecule has 0 bridgehead atoms. The molecule has 0 aliphatic carbocycles. The molecule has 0 unspecified atom stereocenters. The largest absolute Gasteiger partial charge is 0.469 e. The van der Waals surface area contributed by atoms with Crippen LogP contribution in [0.2, 0.25) is 0 Å². The predicted molar refractivity (Wildman–Crippen MR) is 64.8 cm³/mol. The van der Waals surface area contributed by atoms with Crippen LogP contribution in [0.25, 0.3) is 11.4 Å². The van der Waals surface area contributed by atoms with Gasteiger partial charge in [0.15, 0.2) is 10.6 Å². The Morgan fingerprint density at radius 2 is 2.31 bits per heavy atom. The molecule has 2 aromatic rings. The summed E-state index contributed by atoms with van der Waals surface area (Å²) in [5.74, 6) is 1.82. The van der Waals surface area contributed by atoms with Crippen LogP contribution in [0.4, 0.5) is 0 Å². The molecule has 0 aliphatic rings. The van der Waals surface area contributed by atoms with Crippen molar-refractivity contribution < 1.29 is 4.42 Å². The van der Waals surface area contributed by atoms with Gasteiger partial charge >= 0.3 is 0 Å². The van der Waals surface area contributed by atoms with Gasteiger partial charge in [-0.3, -0.25) is 5.10 Å². The zero-order chi connectivity index (χ0) is 11.5. The molecule has 0 aliphatic heterocycles. The molecule has 4 nitrogen and oxygen atoms in total. The molecule has 0 aromatic carbocycles. The van der Waals surface area contributed by atoms with Crippen molar-refractivity contribution in [2.24, 2.45) is 0 Å². The van der Waals surface area contributed by atoms with Gasteiger partial charge in [-0.15, -0.1) is 0 Å². The van der Waals surface area contributed by atoms with E-state index in [4.69, 9.17) is 16.6 Å². The first kappa shape index (κ1) is 11.1. The lowest BCUT2D eigenvalue weighted by Gasteiger charge is -2.04.